The van der Waals surface area contributed by atoms with Crippen LogP contribution in [0.4, 0.5) is 0 Å². The van der Waals surface area contributed by atoms with Crippen molar-refractivity contribution in [2.75, 3.05) is 6.54 Å². The van der Waals surface area contributed by atoms with Crippen molar-refractivity contribution in [1.82, 2.24) is 5.32 Å². The first-order valence-electron chi connectivity index (χ1n) is 8.14. The van der Waals surface area contributed by atoms with Gasteiger partial charge in [-0.15, -0.1) is 0 Å². The van der Waals surface area contributed by atoms with E-state index in [0.29, 0.717) is 6.04 Å². The average Bonchev–Trinajstić information content (AvgIpc) is 2.82. The third kappa shape index (κ3) is 3.49. The molecule has 0 bridgehead atoms. The van der Waals surface area contributed by atoms with Gasteiger partial charge >= 0.3 is 0 Å². The van der Waals surface area contributed by atoms with E-state index in [0.717, 1.165) is 30.7 Å². The van der Waals surface area contributed by atoms with E-state index < -0.39 is 0 Å². The summed E-state index contributed by atoms with van der Waals surface area (Å²) in [5.74, 6) is 1.07. The maximum Gasteiger partial charge on any atom is 0.137 e. The number of rotatable bonds is 5. The fourth-order valence-electron chi connectivity index (χ4n) is 2.83. The van der Waals surface area contributed by atoms with Crippen LogP contribution in [0, 0.1) is 6.92 Å². The predicted molar refractivity (Wildman–Crippen MR) is 91.0 cm³/mol. The second-order valence-electron chi connectivity index (χ2n) is 7.01. The minimum absolute atomic E-state index is 0.168. The summed E-state index contributed by atoms with van der Waals surface area (Å²) in [7, 11) is 0. The summed E-state index contributed by atoms with van der Waals surface area (Å²) in [5.41, 5.74) is 3.81. The highest BCUT2D eigenvalue weighted by molar-refractivity contribution is 5.82. The Bertz CT molecular complexity index is 598. The first-order valence-corrected chi connectivity index (χ1v) is 8.14. The topological polar surface area (TPSA) is 25.2 Å². The average molecular weight is 287 g/mol. The molecular weight excluding hydrogens is 258 g/mol. The molecule has 2 aromatic rings. The standard InChI is InChI=1S/C19H29NO/c1-7-9-16(20-8-2)17-12-14-11-15(19(4,5)6)10-13(3)18(14)21-17/h10-12,16,20H,7-9H2,1-6H3. The first-order chi connectivity index (χ1) is 9.86. The van der Waals surface area contributed by atoms with Gasteiger partial charge in [0.05, 0.1) is 6.04 Å². The molecule has 1 unspecified atom stereocenters. The molecule has 116 valence electrons. The third-order valence-corrected chi connectivity index (χ3v) is 4.06. The lowest BCUT2D eigenvalue weighted by Gasteiger charge is -2.19. The Morgan fingerprint density at radius 3 is 2.43 bits per heavy atom. The van der Waals surface area contributed by atoms with E-state index in [1.807, 2.05) is 0 Å². The molecule has 0 fully saturated rings. The summed E-state index contributed by atoms with van der Waals surface area (Å²) in [4.78, 5) is 0. The monoisotopic (exact) mass is 287 g/mol. The molecule has 1 N–H and O–H groups in total. The molecule has 1 aromatic heterocycles. The van der Waals surface area contributed by atoms with E-state index in [1.165, 1.54) is 16.5 Å². The SMILES string of the molecule is CCCC(NCC)c1cc2cc(C(C)(C)C)cc(C)c2o1. The van der Waals surface area contributed by atoms with Gasteiger partial charge in [-0.2, -0.15) is 0 Å². The van der Waals surface area contributed by atoms with Crippen molar-refractivity contribution in [3.63, 3.8) is 0 Å². The maximum atomic E-state index is 6.17. The van der Waals surface area contributed by atoms with Gasteiger partial charge in [0.2, 0.25) is 0 Å². The van der Waals surface area contributed by atoms with Crippen molar-refractivity contribution in [2.24, 2.45) is 0 Å². The van der Waals surface area contributed by atoms with Gasteiger partial charge in [0.15, 0.2) is 0 Å². The molecule has 0 radical (unpaired) electrons. The van der Waals surface area contributed by atoms with E-state index in [-0.39, 0.29) is 5.41 Å². The first kappa shape index (κ1) is 16.1. The molecule has 2 nitrogen and oxygen atoms in total. The largest absolute Gasteiger partial charge is 0.459 e. The van der Waals surface area contributed by atoms with Gasteiger partial charge in [-0.05, 0) is 48.6 Å². The Morgan fingerprint density at radius 1 is 1.14 bits per heavy atom. The van der Waals surface area contributed by atoms with E-state index in [2.05, 4.69) is 65.1 Å². The van der Waals surface area contributed by atoms with Gasteiger partial charge in [-0.3, -0.25) is 0 Å². The van der Waals surface area contributed by atoms with E-state index in [4.69, 9.17) is 4.42 Å². The van der Waals surface area contributed by atoms with Crippen molar-refractivity contribution in [1.29, 1.82) is 0 Å². The summed E-state index contributed by atoms with van der Waals surface area (Å²) < 4.78 is 6.17. The summed E-state index contributed by atoms with van der Waals surface area (Å²) in [6.07, 6.45) is 2.26. The molecule has 2 rings (SSSR count). The number of furan rings is 1. The van der Waals surface area contributed by atoms with Crippen LogP contribution in [0.3, 0.4) is 0 Å². The zero-order valence-corrected chi connectivity index (χ0v) is 14.3. The van der Waals surface area contributed by atoms with E-state index >= 15 is 0 Å². The highest BCUT2D eigenvalue weighted by atomic mass is 16.3. The van der Waals surface area contributed by atoms with Crippen LogP contribution in [0.5, 0.6) is 0 Å². The number of benzene rings is 1. The molecule has 0 saturated heterocycles. The van der Waals surface area contributed by atoms with E-state index in [1.54, 1.807) is 0 Å². The van der Waals surface area contributed by atoms with Crippen LogP contribution in [0.1, 0.15) is 70.4 Å². The molecule has 0 amide bonds. The number of fused-ring (bicyclic) bond motifs is 1. The summed E-state index contributed by atoms with van der Waals surface area (Å²) >= 11 is 0. The summed E-state index contributed by atoms with van der Waals surface area (Å²) in [6.45, 7) is 14.2. The Balaban J connectivity index is 2.47. The molecule has 21 heavy (non-hydrogen) atoms. The highest BCUT2D eigenvalue weighted by Crippen LogP contribution is 2.33. The van der Waals surface area contributed by atoms with E-state index in [9.17, 15) is 0 Å². The molecule has 0 aliphatic rings. The lowest BCUT2D eigenvalue weighted by Crippen LogP contribution is -2.20. The Labute approximate surface area is 128 Å². The summed E-state index contributed by atoms with van der Waals surface area (Å²) in [6, 6.07) is 7.09. The molecule has 0 saturated carbocycles. The predicted octanol–water partition coefficient (Wildman–Crippen LogP) is 5.49. The molecule has 1 atom stereocenters. The lowest BCUT2D eigenvalue weighted by molar-refractivity contribution is 0.414. The third-order valence-electron chi connectivity index (χ3n) is 4.06. The summed E-state index contributed by atoms with van der Waals surface area (Å²) in [5, 5.41) is 4.76. The Hall–Kier alpha value is -1.28. The molecule has 1 aromatic carbocycles. The minimum Gasteiger partial charge on any atom is -0.459 e. The van der Waals surface area contributed by atoms with Crippen molar-refractivity contribution >= 4 is 11.0 Å². The van der Waals surface area contributed by atoms with Gasteiger partial charge in [0.25, 0.3) is 0 Å². The fraction of sp³-hybridized carbons (Fsp3) is 0.579. The molecule has 2 heteroatoms. The van der Waals surface area contributed by atoms with Gasteiger partial charge in [0.1, 0.15) is 11.3 Å². The van der Waals surface area contributed by atoms with Crippen molar-refractivity contribution in [2.45, 2.75) is 65.8 Å². The number of nitrogens with one attached hydrogen (secondary N) is 1. The molecular formula is C19H29NO. The fourth-order valence-corrected chi connectivity index (χ4v) is 2.83. The van der Waals surface area contributed by atoms with Gasteiger partial charge < -0.3 is 9.73 Å². The van der Waals surface area contributed by atoms with Crippen LogP contribution in [0.15, 0.2) is 22.6 Å². The minimum atomic E-state index is 0.168. The Kier molecular flexibility index (Phi) is 4.77. The molecule has 0 aliphatic heterocycles. The second kappa shape index (κ2) is 6.23. The number of hydrogen-bond acceptors (Lipinski definition) is 2. The highest BCUT2D eigenvalue weighted by Gasteiger charge is 2.19. The van der Waals surface area contributed by atoms with Crippen LogP contribution in [-0.2, 0) is 5.41 Å². The molecule has 0 aliphatic carbocycles. The van der Waals surface area contributed by atoms with Crippen LogP contribution in [0.25, 0.3) is 11.0 Å². The second-order valence-corrected chi connectivity index (χ2v) is 7.01. The number of aryl methyl sites for hydroxylation is 1. The molecule has 0 spiro atoms. The smallest absolute Gasteiger partial charge is 0.137 e. The van der Waals surface area contributed by atoms with Crippen molar-refractivity contribution in [3.8, 4) is 0 Å². The van der Waals surface area contributed by atoms with Crippen LogP contribution in [0.2, 0.25) is 0 Å². The van der Waals surface area contributed by atoms with Crippen molar-refractivity contribution < 1.29 is 4.42 Å². The normalized spacial score (nSPS) is 13.8. The number of hydrogen-bond donors (Lipinski definition) is 1. The quantitative estimate of drug-likeness (QED) is 0.786. The molecule has 1 heterocycles. The zero-order valence-electron chi connectivity index (χ0n) is 14.3. The zero-order chi connectivity index (χ0) is 15.6. The lowest BCUT2D eigenvalue weighted by atomic mass is 9.85. The van der Waals surface area contributed by atoms with Crippen LogP contribution in [-0.4, -0.2) is 6.54 Å². The Morgan fingerprint density at radius 2 is 1.86 bits per heavy atom. The van der Waals surface area contributed by atoms with Crippen LogP contribution < -0.4 is 5.32 Å². The van der Waals surface area contributed by atoms with Crippen molar-refractivity contribution in [3.05, 3.63) is 35.1 Å². The van der Waals surface area contributed by atoms with Gasteiger partial charge in [-0.25, -0.2) is 0 Å². The van der Waals surface area contributed by atoms with Gasteiger partial charge in [0, 0.05) is 5.39 Å². The van der Waals surface area contributed by atoms with Crippen LogP contribution >= 0.6 is 0 Å². The van der Waals surface area contributed by atoms with Gasteiger partial charge in [-0.1, -0.05) is 47.1 Å². The maximum absolute atomic E-state index is 6.17.